The van der Waals surface area contributed by atoms with Gasteiger partial charge in [0.15, 0.2) is 17.3 Å². The van der Waals surface area contributed by atoms with E-state index in [4.69, 9.17) is 9.47 Å². The molecule has 0 aliphatic heterocycles. The van der Waals surface area contributed by atoms with Gasteiger partial charge in [0, 0.05) is 30.1 Å². The van der Waals surface area contributed by atoms with Gasteiger partial charge in [0.25, 0.3) is 0 Å². The minimum absolute atomic E-state index is 0.207. The number of hydrogen-bond donors (Lipinski definition) is 2. The maximum absolute atomic E-state index is 14.0. The Hall–Kier alpha value is -3.99. The SMILES string of the molecule is COc1ccc(NC(=O)C(=O)NCCc2csc3nc(-c4ccccc4F)nn23)cc1OC. The van der Waals surface area contributed by atoms with Gasteiger partial charge < -0.3 is 20.1 Å². The fourth-order valence-electron chi connectivity index (χ4n) is 3.14. The molecule has 0 unspecified atom stereocenters. The van der Waals surface area contributed by atoms with Crippen molar-refractivity contribution < 1.29 is 23.5 Å². The van der Waals surface area contributed by atoms with Crippen LogP contribution in [0.1, 0.15) is 5.69 Å². The molecule has 2 heterocycles. The Bertz CT molecular complexity index is 1320. The van der Waals surface area contributed by atoms with Gasteiger partial charge in [0.2, 0.25) is 4.96 Å². The summed E-state index contributed by atoms with van der Waals surface area (Å²) in [7, 11) is 2.98. The summed E-state index contributed by atoms with van der Waals surface area (Å²) in [6, 6.07) is 11.1. The number of amides is 2. The van der Waals surface area contributed by atoms with Crippen LogP contribution in [-0.2, 0) is 16.0 Å². The van der Waals surface area contributed by atoms with Crippen LogP contribution >= 0.6 is 11.3 Å². The van der Waals surface area contributed by atoms with E-state index in [-0.39, 0.29) is 6.54 Å². The highest BCUT2D eigenvalue weighted by Gasteiger charge is 2.17. The van der Waals surface area contributed by atoms with E-state index in [9.17, 15) is 14.0 Å². The number of halogens is 1. The summed E-state index contributed by atoms with van der Waals surface area (Å²) in [5.74, 6) is -0.750. The van der Waals surface area contributed by atoms with Crippen molar-refractivity contribution in [3.05, 3.63) is 59.4 Å². The highest BCUT2D eigenvalue weighted by atomic mass is 32.1. The van der Waals surface area contributed by atoms with Gasteiger partial charge in [-0.25, -0.2) is 8.91 Å². The van der Waals surface area contributed by atoms with E-state index in [0.29, 0.717) is 40.0 Å². The van der Waals surface area contributed by atoms with Crippen LogP contribution in [0.25, 0.3) is 16.3 Å². The van der Waals surface area contributed by atoms with Crippen molar-refractivity contribution in [2.45, 2.75) is 6.42 Å². The van der Waals surface area contributed by atoms with E-state index in [1.54, 1.807) is 40.9 Å². The van der Waals surface area contributed by atoms with Crippen molar-refractivity contribution in [3.8, 4) is 22.9 Å². The third-order valence-electron chi connectivity index (χ3n) is 4.78. The molecule has 0 aliphatic carbocycles. The molecule has 170 valence electrons. The normalized spacial score (nSPS) is 10.8. The van der Waals surface area contributed by atoms with Crippen LogP contribution < -0.4 is 20.1 Å². The lowest BCUT2D eigenvalue weighted by Gasteiger charge is -2.10. The van der Waals surface area contributed by atoms with Crippen LogP contribution in [0.4, 0.5) is 10.1 Å². The number of ether oxygens (including phenoxy) is 2. The van der Waals surface area contributed by atoms with Crippen LogP contribution in [0.5, 0.6) is 11.5 Å². The Morgan fingerprint density at radius 1 is 1.09 bits per heavy atom. The summed E-state index contributed by atoms with van der Waals surface area (Å²) in [5, 5.41) is 11.3. The summed E-state index contributed by atoms with van der Waals surface area (Å²) in [6.45, 7) is 0.207. The molecule has 0 radical (unpaired) electrons. The minimum Gasteiger partial charge on any atom is -0.493 e. The second-order valence-corrected chi connectivity index (χ2v) is 7.70. The van der Waals surface area contributed by atoms with Crippen molar-refractivity contribution >= 4 is 33.8 Å². The van der Waals surface area contributed by atoms with E-state index in [1.165, 1.54) is 31.6 Å². The topological polar surface area (TPSA) is 107 Å². The first kappa shape index (κ1) is 22.2. The van der Waals surface area contributed by atoms with E-state index in [0.717, 1.165) is 5.69 Å². The number of nitrogens with one attached hydrogen (secondary N) is 2. The maximum Gasteiger partial charge on any atom is 0.313 e. The quantitative estimate of drug-likeness (QED) is 0.403. The molecule has 0 aliphatic rings. The molecule has 0 bridgehead atoms. The third-order valence-corrected chi connectivity index (χ3v) is 5.64. The lowest BCUT2D eigenvalue weighted by Crippen LogP contribution is -2.36. The van der Waals surface area contributed by atoms with Crippen molar-refractivity contribution in [1.29, 1.82) is 0 Å². The van der Waals surface area contributed by atoms with Gasteiger partial charge in [-0.05, 0) is 24.3 Å². The highest BCUT2D eigenvalue weighted by Crippen LogP contribution is 2.29. The number of nitrogens with zero attached hydrogens (tertiary/aromatic N) is 3. The Morgan fingerprint density at radius 2 is 1.88 bits per heavy atom. The van der Waals surface area contributed by atoms with Gasteiger partial charge in [-0.15, -0.1) is 16.4 Å². The number of fused-ring (bicyclic) bond motifs is 1. The first-order valence-electron chi connectivity index (χ1n) is 9.89. The van der Waals surface area contributed by atoms with Gasteiger partial charge in [0.05, 0.1) is 25.5 Å². The Balaban J connectivity index is 1.36. The molecule has 0 spiro atoms. The molecule has 0 saturated heterocycles. The number of hydrogen-bond acceptors (Lipinski definition) is 7. The number of carbonyl (C=O) groups is 2. The van der Waals surface area contributed by atoms with Crippen LogP contribution in [0, 0.1) is 5.82 Å². The maximum atomic E-state index is 14.0. The average Bonchev–Trinajstić information content (AvgIpc) is 3.40. The average molecular weight is 469 g/mol. The third kappa shape index (κ3) is 4.77. The largest absolute Gasteiger partial charge is 0.493 e. The first-order valence-corrected chi connectivity index (χ1v) is 10.8. The number of thiazole rings is 1. The fourth-order valence-corrected chi connectivity index (χ4v) is 4.00. The molecule has 0 fully saturated rings. The zero-order valence-electron chi connectivity index (χ0n) is 17.8. The summed E-state index contributed by atoms with van der Waals surface area (Å²) >= 11 is 1.36. The number of carbonyl (C=O) groups excluding carboxylic acids is 2. The van der Waals surface area contributed by atoms with E-state index < -0.39 is 17.6 Å². The summed E-state index contributed by atoms with van der Waals surface area (Å²) in [5.41, 5.74) is 1.50. The molecule has 4 rings (SSSR count). The Kier molecular flexibility index (Phi) is 6.50. The van der Waals surface area contributed by atoms with Crippen molar-refractivity contribution in [1.82, 2.24) is 19.9 Å². The van der Waals surface area contributed by atoms with Crippen molar-refractivity contribution in [3.63, 3.8) is 0 Å². The van der Waals surface area contributed by atoms with E-state index in [2.05, 4.69) is 20.7 Å². The lowest BCUT2D eigenvalue weighted by molar-refractivity contribution is -0.136. The number of anilines is 1. The van der Waals surface area contributed by atoms with Gasteiger partial charge in [-0.3, -0.25) is 9.59 Å². The number of aromatic nitrogens is 3. The lowest BCUT2D eigenvalue weighted by atomic mass is 10.2. The Morgan fingerprint density at radius 3 is 2.64 bits per heavy atom. The summed E-state index contributed by atoms with van der Waals surface area (Å²) in [4.78, 5) is 29.4. The van der Waals surface area contributed by atoms with E-state index >= 15 is 0 Å². The molecule has 0 saturated carbocycles. The van der Waals surface area contributed by atoms with Gasteiger partial charge >= 0.3 is 11.8 Å². The van der Waals surface area contributed by atoms with Gasteiger partial charge in [0.1, 0.15) is 5.82 Å². The fraction of sp³-hybridized carbons (Fsp3) is 0.182. The van der Waals surface area contributed by atoms with Crippen LogP contribution in [0.2, 0.25) is 0 Å². The monoisotopic (exact) mass is 469 g/mol. The minimum atomic E-state index is -0.805. The van der Waals surface area contributed by atoms with E-state index in [1.807, 2.05) is 5.38 Å². The van der Waals surface area contributed by atoms with Gasteiger partial charge in [-0.2, -0.15) is 4.98 Å². The molecule has 33 heavy (non-hydrogen) atoms. The molecule has 2 N–H and O–H groups in total. The summed E-state index contributed by atoms with van der Waals surface area (Å²) < 4.78 is 26.0. The number of benzene rings is 2. The standard InChI is InChI=1S/C22H20FN5O4S/c1-31-17-8-7-13(11-18(17)32-2)25-21(30)20(29)24-10-9-14-12-33-22-26-19(27-28(14)22)15-5-3-4-6-16(15)23/h3-8,11-12H,9-10H2,1-2H3,(H,24,29)(H,25,30). The molecule has 0 atom stereocenters. The van der Waals surface area contributed by atoms with Crippen LogP contribution in [-0.4, -0.2) is 47.2 Å². The second kappa shape index (κ2) is 9.65. The second-order valence-electron chi connectivity index (χ2n) is 6.87. The Labute approximate surface area is 192 Å². The smallest absolute Gasteiger partial charge is 0.313 e. The molecule has 4 aromatic rings. The van der Waals surface area contributed by atoms with Crippen LogP contribution in [0.15, 0.2) is 47.8 Å². The summed E-state index contributed by atoms with van der Waals surface area (Å²) in [6.07, 6.45) is 0.412. The molecule has 2 aromatic heterocycles. The molecule has 2 amide bonds. The zero-order valence-corrected chi connectivity index (χ0v) is 18.6. The highest BCUT2D eigenvalue weighted by molar-refractivity contribution is 7.15. The molecular weight excluding hydrogens is 449 g/mol. The first-order chi connectivity index (χ1) is 16.0. The molecule has 2 aromatic carbocycles. The number of methoxy groups -OCH3 is 2. The van der Waals surface area contributed by atoms with Crippen LogP contribution in [0.3, 0.4) is 0 Å². The molecular formula is C22H20FN5O4S. The van der Waals surface area contributed by atoms with Crippen molar-refractivity contribution in [2.75, 3.05) is 26.1 Å². The predicted octanol–water partition coefficient (Wildman–Crippen LogP) is 2.91. The molecule has 11 heteroatoms. The predicted molar refractivity (Wildman–Crippen MR) is 121 cm³/mol. The van der Waals surface area contributed by atoms with Crippen molar-refractivity contribution in [2.24, 2.45) is 0 Å². The zero-order chi connectivity index (χ0) is 23.4. The number of rotatable bonds is 7. The molecule has 9 nitrogen and oxygen atoms in total. The van der Waals surface area contributed by atoms with Gasteiger partial charge in [-0.1, -0.05) is 12.1 Å².